The Labute approximate surface area is 235 Å². The molecule has 3 aliphatic heterocycles. The van der Waals surface area contributed by atoms with Gasteiger partial charge in [0.1, 0.15) is 21.6 Å². The molecular weight excluding hydrogens is 530 g/mol. The number of hydrogen-bond acceptors (Lipinski definition) is 7. The van der Waals surface area contributed by atoms with Crippen LogP contribution in [0.15, 0.2) is 55.0 Å². The Balaban J connectivity index is 1.30. The Bertz CT molecular complexity index is 1560. The fraction of sp³-hybridized carbons (Fsp3) is 0.310. The third kappa shape index (κ3) is 4.82. The van der Waals surface area contributed by atoms with Crippen LogP contribution < -0.4 is 20.3 Å². The highest BCUT2D eigenvalue weighted by atomic mass is 32.1. The number of carbonyl (C=O) groups excluding carboxylic acids is 3. The normalized spacial score (nSPS) is 17.3. The average Bonchev–Trinajstić information content (AvgIpc) is 3.33. The number of anilines is 3. The number of allylic oxidation sites excluding steroid dienone is 1. The summed E-state index contributed by atoms with van der Waals surface area (Å²) in [6.07, 6.45) is 7.71. The number of hydrogen-bond donors (Lipinski definition) is 2. The molecule has 4 amide bonds. The summed E-state index contributed by atoms with van der Waals surface area (Å²) in [4.78, 5) is 47.6. The van der Waals surface area contributed by atoms with Gasteiger partial charge in [-0.2, -0.15) is 0 Å². The predicted octanol–water partition coefficient (Wildman–Crippen LogP) is 5.23. The molecule has 1 fully saturated rings. The van der Waals surface area contributed by atoms with Gasteiger partial charge >= 0.3 is 6.03 Å². The summed E-state index contributed by atoms with van der Waals surface area (Å²) in [5.74, 6) is 0.178. The first-order valence-electron chi connectivity index (χ1n) is 13.3. The molecule has 3 aromatic rings. The van der Waals surface area contributed by atoms with Crippen molar-refractivity contribution in [2.24, 2.45) is 0 Å². The number of nitrogens with zero attached hydrogens (tertiary/aromatic N) is 3. The van der Waals surface area contributed by atoms with E-state index in [1.165, 1.54) is 22.3 Å². The van der Waals surface area contributed by atoms with Gasteiger partial charge in [-0.3, -0.25) is 14.5 Å². The lowest BCUT2D eigenvalue weighted by Crippen LogP contribution is -2.35. The third-order valence-corrected chi connectivity index (χ3v) is 8.32. The molecule has 0 radical (unpaired) electrons. The van der Waals surface area contributed by atoms with E-state index in [-0.39, 0.29) is 23.9 Å². The standard InChI is InChI=1S/C29H29N5O5S/c1-3-23(35)33-12-4-5-18(16-33)31-27(36)26-25-24-22(8-11-30-28(24)40-26)34(29(37)32-25)21-7-6-20(15-17(21)2)39-19-9-13-38-14-10-19/h3,6-8,11,15-16,19H,1,4-5,9-10,12-14H2,2H3,(H,31,36)(H,32,37). The number of pyridine rings is 1. The number of aromatic nitrogens is 1. The number of nitrogens with one attached hydrogen (secondary N) is 2. The molecule has 0 unspecified atom stereocenters. The van der Waals surface area contributed by atoms with E-state index in [2.05, 4.69) is 22.2 Å². The molecule has 1 saturated heterocycles. The second kappa shape index (κ2) is 10.7. The van der Waals surface area contributed by atoms with Crippen LogP contribution >= 0.6 is 11.3 Å². The maximum absolute atomic E-state index is 13.5. The Kier molecular flexibility index (Phi) is 6.99. The largest absolute Gasteiger partial charge is 0.490 e. The number of carbonyl (C=O) groups is 3. The maximum atomic E-state index is 13.5. The van der Waals surface area contributed by atoms with E-state index in [0.29, 0.717) is 64.0 Å². The Morgan fingerprint density at radius 2 is 2.08 bits per heavy atom. The lowest BCUT2D eigenvalue weighted by Gasteiger charge is -2.30. The monoisotopic (exact) mass is 559 g/mol. The molecule has 2 N–H and O–H groups in total. The maximum Gasteiger partial charge on any atom is 0.331 e. The summed E-state index contributed by atoms with van der Waals surface area (Å²) in [7, 11) is 0. The minimum Gasteiger partial charge on any atom is -0.490 e. The lowest BCUT2D eigenvalue weighted by atomic mass is 10.1. The Hall–Kier alpha value is -4.22. The van der Waals surface area contributed by atoms with Crippen LogP contribution in [0.25, 0.3) is 10.2 Å². The number of thiophene rings is 1. The van der Waals surface area contributed by atoms with Crippen LogP contribution in [-0.2, 0) is 9.53 Å². The molecule has 0 atom stereocenters. The molecule has 0 bridgehead atoms. The van der Waals surface area contributed by atoms with Gasteiger partial charge in [-0.15, -0.1) is 11.3 Å². The number of amides is 4. The highest BCUT2D eigenvalue weighted by Gasteiger charge is 2.33. The number of aryl methyl sites for hydroxylation is 1. The van der Waals surface area contributed by atoms with Gasteiger partial charge in [0, 0.05) is 37.5 Å². The third-order valence-electron chi connectivity index (χ3n) is 7.22. The van der Waals surface area contributed by atoms with Crippen LogP contribution in [0.3, 0.4) is 0 Å². The van der Waals surface area contributed by atoms with E-state index in [1.807, 2.05) is 25.1 Å². The summed E-state index contributed by atoms with van der Waals surface area (Å²) in [6, 6.07) is 7.12. The van der Waals surface area contributed by atoms with Crippen molar-refractivity contribution in [1.29, 1.82) is 0 Å². The van der Waals surface area contributed by atoms with Gasteiger partial charge in [0.15, 0.2) is 0 Å². The van der Waals surface area contributed by atoms with Crippen molar-refractivity contribution in [1.82, 2.24) is 15.2 Å². The minimum atomic E-state index is -0.367. The van der Waals surface area contributed by atoms with Crippen molar-refractivity contribution < 1.29 is 23.9 Å². The van der Waals surface area contributed by atoms with Gasteiger partial charge in [-0.05, 0) is 55.7 Å². The second-order valence-electron chi connectivity index (χ2n) is 9.91. The van der Waals surface area contributed by atoms with Crippen LogP contribution in [0.1, 0.15) is 40.9 Å². The summed E-state index contributed by atoms with van der Waals surface area (Å²) in [5.41, 5.74) is 3.32. The summed E-state index contributed by atoms with van der Waals surface area (Å²) < 4.78 is 11.6. The lowest BCUT2D eigenvalue weighted by molar-refractivity contribution is -0.123. The molecule has 10 nitrogen and oxygen atoms in total. The highest BCUT2D eigenvalue weighted by molar-refractivity contribution is 7.21. The van der Waals surface area contributed by atoms with Crippen molar-refractivity contribution >= 4 is 56.5 Å². The van der Waals surface area contributed by atoms with Gasteiger partial charge in [0.05, 0.1) is 35.7 Å². The van der Waals surface area contributed by atoms with Gasteiger partial charge in [0.25, 0.3) is 5.91 Å². The van der Waals surface area contributed by atoms with Crippen LogP contribution in [0, 0.1) is 6.92 Å². The molecule has 5 heterocycles. The van der Waals surface area contributed by atoms with E-state index in [0.717, 1.165) is 30.6 Å². The number of rotatable bonds is 6. The van der Waals surface area contributed by atoms with Crippen molar-refractivity contribution in [3.63, 3.8) is 0 Å². The molecule has 0 aliphatic carbocycles. The quantitative estimate of drug-likeness (QED) is 0.400. The molecular formula is C29H29N5O5S. The Morgan fingerprint density at radius 1 is 1.25 bits per heavy atom. The second-order valence-corrected chi connectivity index (χ2v) is 10.9. The molecule has 0 saturated carbocycles. The smallest absolute Gasteiger partial charge is 0.331 e. The van der Waals surface area contributed by atoms with Crippen molar-refractivity contribution in [3.05, 3.63) is 65.5 Å². The van der Waals surface area contributed by atoms with Crippen molar-refractivity contribution in [3.8, 4) is 5.75 Å². The van der Waals surface area contributed by atoms with E-state index in [4.69, 9.17) is 9.47 Å². The molecule has 40 heavy (non-hydrogen) atoms. The van der Waals surface area contributed by atoms with Gasteiger partial charge in [0.2, 0.25) is 5.91 Å². The first kappa shape index (κ1) is 26.0. The van der Waals surface area contributed by atoms with E-state index in [9.17, 15) is 14.4 Å². The topological polar surface area (TPSA) is 113 Å². The molecule has 6 rings (SSSR count). The number of ether oxygens (including phenoxy) is 2. The summed E-state index contributed by atoms with van der Waals surface area (Å²) in [5, 5.41) is 6.57. The summed E-state index contributed by atoms with van der Waals surface area (Å²) in [6.45, 7) is 7.44. The molecule has 0 spiro atoms. The number of urea groups is 1. The zero-order chi connectivity index (χ0) is 27.8. The average molecular weight is 560 g/mol. The highest BCUT2D eigenvalue weighted by Crippen LogP contribution is 2.46. The van der Waals surface area contributed by atoms with E-state index >= 15 is 0 Å². The molecule has 206 valence electrons. The van der Waals surface area contributed by atoms with Crippen LogP contribution in [0.4, 0.5) is 21.9 Å². The molecule has 1 aromatic carbocycles. The zero-order valence-corrected chi connectivity index (χ0v) is 22.9. The van der Waals surface area contributed by atoms with Crippen LogP contribution in [0.2, 0.25) is 0 Å². The van der Waals surface area contributed by atoms with Gasteiger partial charge in [-0.25, -0.2) is 9.78 Å². The van der Waals surface area contributed by atoms with E-state index < -0.39 is 0 Å². The predicted molar refractivity (Wildman–Crippen MR) is 153 cm³/mol. The fourth-order valence-corrected chi connectivity index (χ4v) is 6.28. The van der Waals surface area contributed by atoms with Crippen molar-refractivity contribution in [2.75, 3.05) is 30.0 Å². The minimum absolute atomic E-state index is 0.116. The van der Waals surface area contributed by atoms with E-state index in [1.54, 1.807) is 23.4 Å². The number of benzene rings is 1. The zero-order valence-electron chi connectivity index (χ0n) is 22.1. The van der Waals surface area contributed by atoms with Crippen LogP contribution in [-0.4, -0.2) is 53.6 Å². The van der Waals surface area contributed by atoms with Crippen molar-refractivity contribution in [2.45, 2.75) is 38.7 Å². The summed E-state index contributed by atoms with van der Waals surface area (Å²) >= 11 is 1.22. The first-order chi connectivity index (χ1) is 19.4. The SMILES string of the molecule is C=CC(=O)N1C=C(NC(=O)c2sc3nccc4c3c2NC(=O)N4c2ccc(OC3CCOCC3)cc2C)CCC1. The molecule has 11 heteroatoms. The first-order valence-corrected chi connectivity index (χ1v) is 14.1. The van der Waals surface area contributed by atoms with Crippen LogP contribution in [0.5, 0.6) is 5.75 Å². The fourth-order valence-electron chi connectivity index (χ4n) is 5.27. The van der Waals surface area contributed by atoms with Gasteiger partial charge in [-0.1, -0.05) is 6.58 Å². The molecule has 3 aliphatic rings. The Morgan fingerprint density at radius 3 is 2.85 bits per heavy atom. The van der Waals surface area contributed by atoms with Gasteiger partial charge < -0.3 is 25.0 Å². The molecule has 2 aromatic heterocycles.